The molecule has 0 aromatic rings. The van der Waals surface area contributed by atoms with Crippen molar-refractivity contribution in [2.45, 2.75) is 77.6 Å². The summed E-state index contributed by atoms with van der Waals surface area (Å²) in [5, 5.41) is 0. The molecular formula is C23H41N. The number of unbranched alkanes of at least 4 members (excludes halogenated alkanes) is 8. The molecule has 0 radical (unpaired) electrons. The molecule has 0 saturated heterocycles. The Hall–Kier alpha value is -1.08. The second-order valence-corrected chi connectivity index (χ2v) is 6.56. The summed E-state index contributed by atoms with van der Waals surface area (Å²) in [6.45, 7) is 13.2. The Labute approximate surface area is 152 Å². The monoisotopic (exact) mass is 331 g/mol. The highest BCUT2D eigenvalue weighted by Crippen LogP contribution is 2.05. The zero-order chi connectivity index (χ0) is 17.7. The standard InChI is InChI=1S/C23H41N/c1-4-7-9-11-13-15-17-19-22-24(21-6-3)23-20-18-16-14-12-10-8-5-2/h4-5,17-20H,1-2,6-16,21-23H2,3H3. The van der Waals surface area contributed by atoms with E-state index in [4.69, 9.17) is 0 Å². The van der Waals surface area contributed by atoms with Crippen molar-refractivity contribution in [3.63, 3.8) is 0 Å². The summed E-state index contributed by atoms with van der Waals surface area (Å²) in [7, 11) is 0. The minimum atomic E-state index is 1.09. The van der Waals surface area contributed by atoms with Crippen LogP contribution >= 0.6 is 0 Å². The Bertz CT molecular complexity index is 297. The van der Waals surface area contributed by atoms with Crippen molar-refractivity contribution >= 4 is 0 Å². The maximum Gasteiger partial charge on any atom is 0.0166 e. The summed E-state index contributed by atoms with van der Waals surface area (Å²) in [5.74, 6) is 0. The van der Waals surface area contributed by atoms with Crippen LogP contribution in [-0.4, -0.2) is 24.5 Å². The van der Waals surface area contributed by atoms with Crippen LogP contribution in [0.5, 0.6) is 0 Å². The Morgan fingerprint density at radius 3 is 1.50 bits per heavy atom. The maximum absolute atomic E-state index is 3.77. The van der Waals surface area contributed by atoms with Crippen molar-refractivity contribution in [3.05, 3.63) is 49.6 Å². The fourth-order valence-electron chi connectivity index (χ4n) is 2.71. The molecule has 1 heteroatoms. The fourth-order valence-corrected chi connectivity index (χ4v) is 2.71. The van der Waals surface area contributed by atoms with Crippen LogP contribution in [0.2, 0.25) is 0 Å². The molecule has 0 amide bonds. The molecule has 24 heavy (non-hydrogen) atoms. The maximum atomic E-state index is 3.77. The summed E-state index contributed by atoms with van der Waals surface area (Å²) >= 11 is 0. The first-order valence-corrected chi connectivity index (χ1v) is 10.1. The molecule has 0 unspecified atom stereocenters. The van der Waals surface area contributed by atoms with Gasteiger partial charge in [0.1, 0.15) is 0 Å². The van der Waals surface area contributed by atoms with Crippen LogP contribution in [0.15, 0.2) is 49.6 Å². The molecule has 0 aromatic heterocycles. The molecule has 0 spiro atoms. The predicted octanol–water partition coefficient (Wildman–Crippen LogP) is 7.08. The number of hydrogen-bond acceptors (Lipinski definition) is 1. The van der Waals surface area contributed by atoms with Crippen molar-refractivity contribution in [1.29, 1.82) is 0 Å². The third-order valence-corrected chi connectivity index (χ3v) is 4.16. The zero-order valence-corrected chi connectivity index (χ0v) is 16.2. The molecule has 0 saturated carbocycles. The van der Waals surface area contributed by atoms with Crippen molar-refractivity contribution in [2.75, 3.05) is 19.6 Å². The lowest BCUT2D eigenvalue weighted by Crippen LogP contribution is -2.24. The van der Waals surface area contributed by atoms with Gasteiger partial charge in [0.15, 0.2) is 0 Å². The third-order valence-electron chi connectivity index (χ3n) is 4.16. The molecule has 0 heterocycles. The zero-order valence-electron chi connectivity index (χ0n) is 16.2. The van der Waals surface area contributed by atoms with E-state index in [1.54, 1.807) is 0 Å². The van der Waals surface area contributed by atoms with E-state index in [-0.39, 0.29) is 0 Å². The molecule has 0 bridgehead atoms. The highest BCUT2D eigenvalue weighted by Gasteiger charge is 1.98. The SMILES string of the molecule is C=CCCCCCC=CCN(CC=CCCCCCC=C)CCC. The van der Waals surface area contributed by atoms with Crippen molar-refractivity contribution in [3.8, 4) is 0 Å². The van der Waals surface area contributed by atoms with Gasteiger partial charge in [0.25, 0.3) is 0 Å². The van der Waals surface area contributed by atoms with E-state index >= 15 is 0 Å². The summed E-state index contributed by atoms with van der Waals surface area (Å²) < 4.78 is 0. The summed E-state index contributed by atoms with van der Waals surface area (Å²) in [6.07, 6.45) is 27.3. The second-order valence-electron chi connectivity index (χ2n) is 6.56. The van der Waals surface area contributed by atoms with Crippen LogP contribution in [0, 0.1) is 0 Å². The van der Waals surface area contributed by atoms with Crippen molar-refractivity contribution < 1.29 is 0 Å². The van der Waals surface area contributed by atoms with E-state index in [2.05, 4.69) is 49.3 Å². The lowest BCUT2D eigenvalue weighted by Gasteiger charge is -2.17. The average molecular weight is 332 g/mol. The minimum Gasteiger partial charge on any atom is -0.296 e. The molecule has 0 aliphatic carbocycles. The van der Waals surface area contributed by atoms with Gasteiger partial charge in [-0.1, -0.05) is 56.2 Å². The van der Waals surface area contributed by atoms with Crippen LogP contribution in [0.3, 0.4) is 0 Å². The van der Waals surface area contributed by atoms with Gasteiger partial charge in [-0.05, 0) is 64.3 Å². The molecule has 0 atom stereocenters. The van der Waals surface area contributed by atoms with Crippen LogP contribution in [-0.2, 0) is 0 Å². The van der Waals surface area contributed by atoms with Gasteiger partial charge >= 0.3 is 0 Å². The molecule has 0 aliphatic rings. The normalized spacial score (nSPS) is 11.8. The number of nitrogens with zero attached hydrogens (tertiary/aromatic N) is 1. The molecule has 0 fully saturated rings. The van der Waals surface area contributed by atoms with Crippen molar-refractivity contribution in [2.24, 2.45) is 0 Å². The first kappa shape index (κ1) is 22.9. The first-order chi connectivity index (χ1) is 11.8. The van der Waals surface area contributed by atoms with E-state index in [1.807, 2.05) is 12.2 Å². The van der Waals surface area contributed by atoms with Gasteiger partial charge < -0.3 is 0 Å². The van der Waals surface area contributed by atoms with Gasteiger partial charge in [0.05, 0.1) is 0 Å². The third kappa shape index (κ3) is 17.3. The molecule has 0 aromatic carbocycles. The van der Waals surface area contributed by atoms with Crippen LogP contribution in [0.4, 0.5) is 0 Å². The molecule has 138 valence electrons. The molecule has 0 rings (SSSR count). The lowest BCUT2D eigenvalue weighted by molar-refractivity contribution is 0.335. The average Bonchev–Trinajstić information content (AvgIpc) is 2.59. The molecular weight excluding hydrogens is 290 g/mol. The Morgan fingerprint density at radius 1 is 0.625 bits per heavy atom. The van der Waals surface area contributed by atoms with Gasteiger partial charge in [-0.3, -0.25) is 4.90 Å². The highest BCUT2D eigenvalue weighted by atomic mass is 15.1. The van der Waals surface area contributed by atoms with E-state index in [1.165, 1.54) is 64.3 Å². The molecule has 0 N–H and O–H groups in total. The van der Waals surface area contributed by atoms with E-state index in [9.17, 15) is 0 Å². The van der Waals surface area contributed by atoms with Gasteiger partial charge in [-0.25, -0.2) is 0 Å². The topological polar surface area (TPSA) is 3.24 Å². The molecule has 0 aliphatic heterocycles. The van der Waals surface area contributed by atoms with E-state index in [0.29, 0.717) is 0 Å². The number of hydrogen-bond donors (Lipinski definition) is 0. The lowest BCUT2D eigenvalue weighted by atomic mass is 10.1. The summed E-state index contributed by atoms with van der Waals surface area (Å²) in [5.41, 5.74) is 0. The quantitative estimate of drug-likeness (QED) is 0.191. The van der Waals surface area contributed by atoms with Gasteiger partial charge in [-0.15, -0.1) is 13.2 Å². The van der Waals surface area contributed by atoms with Crippen molar-refractivity contribution in [1.82, 2.24) is 4.90 Å². The Kier molecular flexibility index (Phi) is 19.1. The number of allylic oxidation sites excluding steroid dienone is 4. The van der Waals surface area contributed by atoms with Crippen LogP contribution < -0.4 is 0 Å². The van der Waals surface area contributed by atoms with E-state index in [0.717, 1.165) is 25.9 Å². The molecule has 1 nitrogen and oxygen atoms in total. The largest absolute Gasteiger partial charge is 0.296 e. The Morgan fingerprint density at radius 2 is 1.08 bits per heavy atom. The number of rotatable bonds is 18. The Balaban J connectivity index is 3.71. The highest BCUT2D eigenvalue weighted by molar-refractivity contribution is 4.89. The van der Waals surface area contributed by atoms with Crippen LogP contribution in [0.25, 0.3) is 0 Å². The predicted molar refractivity (Wildman–Crippen MR) is 112 cm³/mol. The van der Waals surface area contributed by atoms with Crippen LogP contribution in [0.1, 0.15) is 77.6 Å². The smallest absolute Gasteiger partial charge is 0.0166 e. The second kappa shape index (κ2) is 20.0. The van der Waals surface area contributed by atoms with Gasteiger partial charge in [0, 0.05) is 13.1 Å². The van der Waals surface area contributed by atoms with E-state index < -0.39 is 0 Å². The van der Waals surface area contributed by atoms with Gasteiger partial charge in [-0.2, -0.15) is 0 Å². The minimum absolute atomic E-state index is 1.09. The first-order valence-electron chi connectivity index (χ1n) is 10.1. The summed E-state index contributed by atoms with van der Waals surface area (Å²) in [4.78, 5) is 2.53. The fraction of sp³-hybridized carbons (Fsp3) is 0.652. The summed E-state index contributed by atoms with van der Waals surface area (Å²) in [6, 6.07) is 0. The van der Waals surface area contributed by atoms with Gasteiger partial charge in [0.2, 0.25) is 0 Å².